The molecule has 2 N–H and O–H groups in total. The van der Waals surface area contributed by atoms with E-state index < -0.39 is 15.1 Å². The summed E-state index contributed by atoms with van der Waals surface area (Å²) in [7, 11) is -3.04. The first-order valence-corrected chi connectivity index (χ1v) is 9.10. The zero-order valence-corrected chi connectivity index (χ0v) is 12.7. The molecule has 0 amide bonds. The third-order valence-corrected chi connectivity index (χ3v) is 6.57. The Kier molecular flexibility index (Phi) is 3.95. The molecule has 3 rings (SSSR count). The van der Waals surface area contributed by atoms with Crippen LogP contribution in [0, 0.1) is 0 Å². The van der Waals surface area contributed by atoms with Crippen LogP contribution in [0.25, 0.3) is 10.9 Å². The normalized spacial score (nSPS) is 23.0. The summed E-state index contributed by atoms with van der Waals surface area (Å²) in [4.78, 5) is 4.58. The quantitative estimate of drug-likeness (QED) is 0.942. The highest BCUT2D eigenvalue weighted by molar-refractivity contribution is 7.92. The van der Waals surface area contributed by atoms with Crippen molar-refractivity contribution in [3.8, 4) is 0 Å². The van der Waals surface area contributed by atoms with Crippen molar-refractivity contribution in [2.45, 2.75) is 37.0 Å². The second-order valence-corrected chi connectivity index (χ2v) is 8.10. The number of benzene rings is 1. The highest BCUT2D eigenvalue weighted by Crippen LogP contribution is 2.23. The summed E-state index contributed by atoms with van der Waals surface area (Å²) in [6.07, 6.45) is 2.90. The molecule has 1 saturated heterocycles. The molecule has 0 saturated carbocycles. The van der Waals surface area contributed by atoms with Crippen molar-refractivity contribution in [2.24, 2.45) is 5.73 Å². The van der Waals surface area contributed by atoms with E-state index in [9.17, 15) is 8.42 Å². The Labute approximate surface area is 125 Å². The van der Waals surface area contributed by atoms with Gasteiger partial charge in [-0.15, -0.1) is 0 Å². The lowest BCUT2D eigenvalue weighted by Gasteiger charge is -2.27. The number of fused-ring (bicyclic) bond motifs is 1. The van der Waals surface area contributed by atoms with Crippen LogP contribution in [0.15, 0.2) is 36.4 Å². The molecule has 1 aromatic heterocycles. The van der Waals surface area contributed by atoms with E-state index in [4.69, 9.17) is 5.73 Å². The number of hydrogen-bond donors (Lipinski definition) is 1. The van der Waals surface area contributed by atoms with E-state index in [1.54, 1.807) is 0 Å². The average molecular weight is 304 g/mol. The molecule has 112 valence electrons. The van der Waals surface area contributed by atoms with Crippen LogP contribution in [-0.4, -0.2) is 30.4 Å². The molecule has 0 bridgehead atoms. The smallest absolute Gasteiger partial charge is 0.154 e. The lowest BCUT2D eigenvalue weighted by Crippen LogP contribution is -2.45. The lowest BCUT2D eigenvalue weighted by molar-refractivity contribution is 0.493. The van der Waals surface area contributed by atoms with Gasteiger partial charge in [-0.1, -0.05) is 30.7 Å². The highest BCUT2D eigenvalue weighted by Gasteiger charge is 2.33. The molecule has 21 heavy (non-hydrogen) atoms. The van der Waals surface area contributed by atoms with Gasteiger partial charge in [-0.05, 0) is 25.0 Å². The van der Waals surface area contributed by atoms with Gasteiger partial charge < -0.3 is 5.73 Å². The number of hydrogen-bond acceptors (Lipinski definition) is 4. The van der Waals surface area contributed by atoms with Crippen LogP contribution in [0.4, 0.5) is 0 Å². The van der Waals surface area contributed by atoms with Crippen molar-refractivity contribution in [3.05, 3.63) is 42.1 Å². The summed E-state index contributed by atoms with van der Waals surface area (Å²) in [6, 6.07) is 11.5. The predicted molar refractivity (Wildman–Crippen MR) is 84.8 cm³/mol. The minimum absolute atomic E-state index is 0.274. The molecule has 0 aliphatic carbocycles. The SMILES string of the molecule is NC(Cc1ccc2ccccc2n1)C1CCCCS1(=O)=O. The molecular formula is C16H20N2O2S. The fourth-order valence-electron chi connectivity index (χ4n) is 3.05. The summed E-state index contributed by atoms with van der Waals surface area (Å²) < 4.78 is 24.3. The van der Waals surface area contributed by atoms with Crippen molar-refractivity contribution in [3.63, 3.8) is 0 Å². The summed E-state index contributed by atoms with van der Waals surface area (Å²) in [6.45, 7) is 0. The van der Waals surface area contributed by atoms with Gasteiger partial charge in [0.2, 0.25) is 0 Å². The first kappa shape index (κ1) is 14.5. The molecule has 2 aromatic rings. The Morgan fingerprint density at radius 2 is 2.00 bits per heavy atom. The number of sulfone groups is 1. The van der Waals surface area contributed by atoms with Crippen molar-refractivity contribution in [1.29, 1.82) is 0 Å². The molecule has 1 aliphatic heterocycles. The van der Waals surface area contributed by atoms with Crippen molar-refractivity contribution < 1.29 is 8.42 Å². The maximum Gasteiger partial charge on any atom is 0.154 e. The zero-order valence-electron chi connectivity index (χ0n) is 11.9. The molecule has 0 spiro atoms. The maximum atomic E-state index is 12.1. The van der Waals surface area contributed by atoms with Gasteiger partial charge in [-0.3, -0.25) is 4.98 Å². The van der Waals surface area contributed by atoms with Gasteiger partial charge in [0, 0.05) is 23.5 Å². The summed E-state index contributed by atoms with van der Waals surface area (Å²) in [5.41, 5.74) is 7.97. The first-order valence-electron chi connectivity index (χ1n) is 7.38. The van der Waals surface area contributed by atoms with Crippen LogP contribution in [-0.2, 0) is 16.3 Å². The Balaban J connectivity index is 1.81. The van der Waals surface area contributed by atoms with Crippen molar-refractivity contribution >= 4 is 20.7 Å². The molecule has 5 heteroatoms. The van der Waals surface area contributed by atoms with Gasteiger partial charge in [0.1, 0.15) is 0 Å². The largest absolute Gasteiger partial charge is 0.326 e. The Bertz CT molecular complexity index is 743. The van der Waals surface area contributed by atoms with Crippen LogP contribution < -0.4 is 5.73 Å². The van der Waals surface area contributed by atoms with E-state index in [1.165, 1.54) is 0 Å². The summed E-state index contributed by atoms with van der Waals surface area (Å²) >= 11 is 0. The fraction of sp³-hybridized carbons (Fsp3) is 0.438. The molecule has 1 fully saturated rings. The van der Waals surface area contributed by atoms with E-state index in [1.807, 2.05) is 36.4 Å². The summed E-state index contributed by atoms with van der Waals surface area (Å²) in [5.74, 6) is 0.274. The molecule has 1 aromatic carbocycles. The van der Waals surface area contributed by atoms with Crippen LogP contribution in [0.5, 0.6) is 0 Å². The predicted octanol–water partition coefficient (Wildman–Crippen LogP) is 2.07. The number of nitrogens with two attached hydrogens (primary N) is 1. The van der Waals surface area contributed by atoms with Gasteiger partial charge in [0.25, 0.3) is 0 Å². The minimum Gasteiger partial charge on any atom is -0.326 e. The fourth-order valence-corrected chi connectivity index (χ4v) is 5.12. The van der Waals surface area contributed by atoms with E-state index in [-0.39, 0.29) is 11.8 Å². The second kappa shape index (κ2) is 5.73. The number of para-hydroxylation sites is 1. The van der Waals surface area contributed by atoms with Gasteiger partial charge in [-0.25, -0.2) is 8.42 Å². The van der Waals surface area contributed by atoms with E-state index in [0.29, 0.717) is 12.8 Å². The summed E-state index contributed by atoms with van der Waals surface area (Å²) in [5, 5.41) is 0.666. The molecular weight excluding hydrogens is 284 g/mol. The lowest BCUT2D eigenvalue weighted by atomic mass is 10.0. The molecule has 2 atom stereocenters. The van der Waals surface area contributed by atoms with Crippen molar-refractivity contribution in [2.75, 3.05) is 5.75 Å². The number of rotatable bonds is 3. The van der Waals surface area contributed by atoms with Crippen LogP contribution >= 0.6 is 0 Å². The highest BCUT2D eigenvalue weighted by atomic mass is 32.2. The van der Waals surface area contributed by atoms with Gasteiger partial charge in [0.05, 0.1) is 16.5 Å². The van der Waals surface area contributed by atoms with Crippen LogP contribution in [0.3, 0.4) is 0 Å². The average Bonchev–Trinajstić information content (AvgIpc) is 2.46. The van der Waals surface area contributed by atoms with Crippen molar-refractivity contribution in [1.82, 2.24) is 4.98 Å². The topological polar surface area (TPSA) is 73.0 Å². The van der Waals surface area contributed by atoms with Crippen LogP contribution in [0.1, 0.15) is 25.0 Å². The standard InChI is InChI=1S/C16H20N2O2S/c17-14(16-7-3-4-10-21(16,19)20)11-13-9-8-12-5-1-2-6-15(12)18-13/h1-2,5-6,8-9,14,16H,3-4,7,10-11,17H2. The molecule has 2 unspecified atom stereocenters. The third-order valence-electron chi connectivity index (χ3n) is 4.21. The molecule has 1 aliphatic rings. The zero-order chi connectivity index (χ0) is 14.9. The maximum absolute atomic E-state index is 12.1. The molecule has 0 radical (unpaired) electrons. The number of nitrogens with zero attached hydrogens (tertiary/aromatic N) is 1. The first-order chi connectivity index (χ1) is 10.1. The van der Waals surface area contributed by atoms with Gasteiger partial charge >= 0.3 is 0 Å². The monoisotopic (exact) mass is 304 g/mol. The number of aromatic nitrogens is 1. The Hall–Kier alpha value is -1.46. The third kappa shape index (κ3) is 3.09. The van der Waals surface area contributed by atoms with Crippen LogP contribution in [0.2, 0.25) is 0 Å². The second-order valence-electron chi connectivity index (χ2n) is 5.76. The van der Waals surface area contributed by atoms with Gasteiger partial charge in [0.15, 0.2) is 9.84 Å². The van der Waals surface area contributed by atoms with E-state index in [0.717, 1.165) is 29.4 Å². The van der Waals surface area contributed by atoms with E-state index >= 15 is 0 Å². The number of pyridine rings is 1. The Morgan fingerprint density at radius 3 is 2.81 bits per heavy atom. The molecule has 2 heterocycles. The van der Waals surface area contributed by atoms with Gasteiger partial charge in [-0.2, -0.15) is 0 Å². The van der Waals surface area contributed by atoms with E-state index in [2.05, 4.69) is 4.98 Å². The Morgan fingerprint density at radius 1 is 1.19 bits per heavy atom. The minimum atomic E-state index is -3.04. The molecule has 4 nitrogen and oxygen atoms in total.